The molecule has 132 valence electrons. The number of nitrogens with two attached hydrogens (primary N) is 1. The van der Waals surface area contributed by atoms with Gasteiger partial charge in [-0.05, 0) is 31.6 Å². The maximum Gasteiger partial charge on any atom is 0.241 e. The number of rotatable bonds is 5. The van der Waals surface area contributed by atoms with E-state index in [0.717, 1.165) is 0 Å². The molecular weight excluding hydrogens is 332 g/mol. The summed E-state index contributed by atoms with van der Waals surface area (Å²) in [6.45, 7) is 3.07. The van der Waals surface area contributed by atoms with E-state index in [-0.39, 0.29) is 5.78 Å². The number of aromatic amines is 1. The number of aromatic nitrogens is 3. The number of Topliss-reactive ketones (excluding diaryl/α,β-unsaturated/α-hetero) is 1. The van der Waals surface area contributed by atoms with E-state index in [9.17, 15) is 14.7 Å². The summed E-state index contributed by atoms with van der Waals surface area (Å²) in [6.07, 6.45) is 5.36. The molecule has 4 N–H and O–H groups in total. The molecule has 0 aliphatic carbocycles. The lowest BCUT2D eigenvalue weighted by Crippen LogP contribution is -2.05. The van der Waals surface area contributed by atoms with E-state index in [0.29, 0.717) is 39.1 Å². The smallest absolute Gasteiger partial charge is 0.241 e. The molecule has 0 spiro atoms. The van der Waals surface area contributed by atoms with E-state index in [4.69, 9.17) is 5.73 Å². The van der Waals surface area contributed by atoms with Crippen molar-refractivity contribution in [2.75, 3.05) is 0 Å². The maximum absolute atomic E-state index is 11.9. The number of H-pyrrole nitrogens is 1. The van der Waals surface area contributed by atoms with Crippen LogP contribution in [-0.4, -0.2) is 31.7 Å². The molecule has 3 aromatic rings. The standard InChI is InChI=1S/C19H18N4O3/c1-10(24)14-5-3-12(7-15(14)11(2)25)16-9-22-19-18(23-16)13(8-21-19)4-6-17(20)26/h3-10,24H,1-2H3,(H2,20,26)(H,21,22)/b6-4+/t10-/m1/s1. The largest absolute Gasteiger partial charge is 0.389 e. The molecule has 0 aliphatic rings. The zero-order chi connectivity index (χ0) is 18.8. The summed E-state index contributed by atoms with van der Waals surface area (Å²) in [7, 11) is 0. The first-order valence-corrected chi connectivity index (χ1v) is 8.01. The highest BCUT2D eigenvalue weighted by molar-refractivity contribution is 5.97. The summed E-state index contributed by atoms with van der Waals surface area (Å²) in [5.74, 6) is -0.688. The summed E-state index contributed by atoms with van der Waals surface area (Å²) in [6, 6.07) is 5.20. The van der Waals surface area contributed by atoms with E-state index in [1.54, 1.807) is 43.6 Å². The van der Waals surface area contributed by atoms with Crippen LogP contribution >= 0.6 is 0 Å². The van der Waals surface area contributed by atoms with Crippen LogP contribution in [0.5, 0.6) is 0 Å². The number of nitrogens with one attached hydrogen (secondary N) is 1. The van der Waals surface area contributed by atoms with Crippen molar-refractivity contribution in [3.8, 4) is 11.3 Å². The average Bonchev–Trinajstić information content (AvgIpc) is 3.01. The van der Waals surface area contributed by atoms with Crippen molar-refractivity contribution in [3.63, 3.8) is 0 Å². The molecular formula is C19H18N4O3. The van der Waals surface area contributed by atoms with Gasteiger partial charge in [0.05, 0.1) is 18.0 Å². The summed E-state index contributed by atoms with van der Waals surface area (Å²) in [5.41, 5.74) is 9.28. The maximum atomic E-state index is 11.9. The number of ketones is 1. The molecule has 2 aromatic heterocycles. The molecule has 0 saturated heterocycles. The Morgan fingerprint density at radius 2 is 2.12 bits per heavy atom. The number of carbonyl (C=O) groups is 2. The molecule has 3 rings (SSSR count). The minimum absolute atomic E-state index is 0.136. The average molecular weight is 350 g/mol. The summed E-state index contributed by atoms with van der Waals surface area (Å²) in [4.78, 5) is 34.8. The van der Waals surface area contributed by atoms with Crippen LogP contribution < -0.4 is 5.73 Å². The van der Waals surface area contributed by atoms with Gasteiger partial charge in [-0.3, -0.25) is 9.59 Å². The normalized spacial score (nSPS) is 12.6. The van der Waals surface area contributed by atoms with Gasteiger partial charge < -0.3 is 15.8 Å². The fraction of sp³-hybridized carbons (Fsp3) is 0.158. The highest BCUT2D eigenvalue weighted by Gasteiger charge is 2.14. The number of fused-ring (bicyclic) bond motifs is 1. The van der Waals surface area contributed by atoms with E-state index in [1.165, 1.54) is 13.0 Å². The second-order valence-electron chi connectivity index (χ2n) is 5.97. The molecule has 7 nitrogen and oxygen atoms in total. The van der Waals surface area contributed by atoms with Gasteiger partial charge in [0.15, 0.2) is 11.4 Å². The molecule has 0 saturated carbocycles. The fourth-order valence-corrected chi connectivity index (χ4v) is 2.73. The van der Waals surface area contributed by atoms with Crippen LogP contribution in [0, 0.1) is 0 Å². The molecule has 0 unspecified atom stereocenters. The minimum Gasteiger partial charge on any atom is -0.389 e. The molecule has 7 heteroatoms. The zero-order valence-corrected chi connectivity index (χ0v) is 14.4. The second-order valence-corrected chi connectivity index (χ2v) is 5.97. The van der Waals surface area contributed by atoms with Crippen molar-refractivity contribution < 1.29 is 14.7 Å². The number of hydrogen-bond acceptors (Lipinski definition) is 5. The van der Waals surface area contributed by atoms with Gasteiger partial charge in [0.25, 0.3) is 0 Å². The van der Waals surface area contributed by atoms with Crippen molar-refractivity contribution in [3.05, 3.63) is 53.4 Å². The second kappa shape index (κ2) is 6.89. The van der Waals surface area contributed by atoms with Crippen LogP contribution in [0.2, 0.25) is 0 Å². The van der Waals surface area contributed by atoms with Gasteiger partial charge in [-0.1, -0.05) is 12.1 Å². The van der Waals surface area contributed by atoms with Gasteiger partial charge in [0.1, 0.15) is 5.52 Å². The van der Waals surface area contributed by atoms with Crippen molar-refractivity contribution >= 4 is 28.9 Å². The first-order chi connectivity index (χ1) is 12.4. The summed E-state index contributed by atoms with van der Waals surface area (Å²) >= 11 is 0. The Balaban J connectivity index is 2.10. The topological polar surface area (TPSA) is 122 Å². The van der Waals surface area contributed by atoms with Gasteiger partial charge in [-0.25, -0.2) is 9.97 Å². The van der Waals surface area contributed by atoms with Crippen molar-refractivity contribution in [2.45, 2.75) is 20.0 Å². The predicted molar refractivity (Wildman–Crippen MR) is 98.2 cm³/mol. The number of aliphatic hydroxyl groups excluding tert-OH is 1. The van der Waals surface area contributed by atoms with Crippen LogP contribution in [0.25, 0.3) is 28.5 Å². The van der Waals surface area contributed by atoms with Crippen LogP contribution in [0.3, 0.4) is 0 Å². The number of amides is 1. The first-order valence-electron chi connectivity index (χ1n) is 8.01. The lowest BCUT2D eigenvalue weighted by molar-refractivity contribution is -0.113. The number of hydrogen-bond donors (Lipinski definition) is 3. The molecule has 0 aliphatic heterocycles. The van der Waals surface area contributed by atoms with E-state index in [1.807, 2.05) is 0 Å². The van der Waals surface area contributed by atoms with Crippen molar-refractivity contribution in [2.24, 2.45) is 5.73 Å². The third kappa shape index (κ3) is 3.38. The van der Waals surface area contributed by atoms with E-state index >= 15 is 0 Å². The Morgan fingerprint density at radius 3 is 2.77 bits per heavy atom. The third-order valence-corrected chi connectivity index (χ3v) is 4.02. The minimum atomic E-state index is -0.744. The molecule has 0 radical (unpaired) electrons. The van der Waals surface area contributed by atoms with E-state index < -0.39 is 12.0 Å². The number of carbonyl (C=O) groups excluding carboxylic acids is 2. The van der Waals surface area contributed by atoms with Gasteiger partial charge in [0.2, 0.25) is 5.91 Å². The quantitative estimate of drug-likeness (QED) is 0.482. The predicted octanol–water partition coefficient (Wildman–Crippen LogP) is 2.38. The van der Waals surface area contributed by atoms with Crippen LogP contribution in [0.15, 0.2) is 36.7 Å². The Bertz CT molecular complexity index is 1030. The number of aliphatic hydroxyl groups is 1. The number of primary amides is 1. The molecule has 2 heterocycles. The van der Waals surface area contributed by atoms with Crippen molar-refractivity contribution in [1.82, 2.24) is 15.0 Å². The SMILES string of the molecule is CC(=O)c1cc(-c2cnc3[nH]cc(/C=C/C(N)=O)c3n2)ccc1[C@@H](C)O. The Labute approximate surface area is 149 Å². The van der Waals surface area contributed by atoms with Gasteiger partial charge in [-0.2, -0.15) is 0 Å². The first kappa shape index (κ1) is 17.5. The van der Waals surface area contributed by atoms with Crippen LogP contribution in [-0.2, 0) is 4.79 Å². The molecule has 1 aromatic carbocycles. The van der Waals surface area contributed by atoms with Crippen LogP contribution in [0.4, 0.5) is 0 Å². The summed E-state index contributed by atoms with van der Waals surface area (Å²) in [5, 5.41) is 9.84. The van der Waals surface area contributed by atoms with Crippen molar-refractivity contribution in [1.29, 1.82) is 0 Å². The molecule has 0 fully saturated rings. The van der Waals surface area contributed by atoms with Gasteiger partial charge in [-0.15, -0.1) is 0 Å². The Morgan fingerprint density at radius 1 is 1.35 bits per heavy atom. The lowest BCUT2D eigenvalue weighted by Gasteiger charge is -2.11. The highest BCUT2D eigenvalue weighted by Crippen LogP contribution is 2.26. The number of benzene rings is 1. The highest BCUT2D eigenvalue weighted by atomic mass is 16.3. The molecule has 1 amide bonds. The lowest BCUT2D eigenvalue weighted by atomic mass is 9.97. The van der Waals surface area contributed by atoms with E-state index in [2.05, 4.69) is 15.0 Å². The monoisotopic (exact) mass is 350 g/mol. The molecule has 0 bridgehead atoms. The van der Waals surface area contributed by atoms with Gasteiger partial charge >= 0.3 is 0 Å². The fourth-order valence-electron chi connectivity index (χ4n) is 2.73. The molecule has 26 heavy (non-hydrogen) atoms. The molecule has 1 atom stereocenters. The third-order valence-electron chi connectivity index (χ3n) is 4.02. The Hall–Kier alpha value is -3.32. The Kier molecular flexibility index (Phi) is 4.64. The van der Waals surface area contributed by atoms with Gasteiger partial charge in [0, 0.05) is 29.0 Å². The van der Waals surface area contributed by atoms with Crippen LogP contribution in [0.1, 0.15) is 41.4 Å². The summed E-state index contributed by atoms with van der Waals surface area (Å²) < 4.78 is 0. The number of nitrogens with zero attached hydrogens (tertiary/aromatic N) is 2. The zero-order valence-electron chi connectivity index (χ0n) is 14.4.